The molecule has 0 radical (unpaired) electrons. The number of carbonyl (C=O) groups is 2. The third-order valence-corrected chi connectivity index (χ3v) is 18.8. The average Bonchev–Trinajstić information content (AvgIpc) is 3.66. The molecular formula is C56H82O18. The summed E-state index contributed by atoms with van der Waals surface area (Å²) in [6.07, 6.45) is -2.96. The maximum atomic E-state index is 13.6. The summed E-state index contributed by atoms with van der Waals surface area (Å²) in [5.41, 5.74) is -3.07. The molecule has 5 N–H and O–H groups in total. The largest absolute Gasteiger partial charge is 0.458 e. The van der Waals surface area contributed by atoms with Crippen LogP contribution in [0.4, 0.5) is 0 Å². The van der Waals surface area contributed by atoms with E-state index in [-0.39, 0.29) is 44.0 Å². The lowest BCUT2D eigenvalue weighted by Gasteiger charge is -2.66. The van der Waals surface area contributed by atoms with E-state index in [2.05, 4.69) is 13.0 Å². The van der Waals surface area contributed by atoms with Gasteiger partial charge in [0.05, 0.1) is 54.9 Å². The first kappa shape index (κ1) is 56.0. The minimum atomic E-state index is -1.69. The molecule has 18 nitrogen and oxygen atoms in total. The lowest BCUT2D eigenvalue weighted by atomic mass is 9.43. The Balaban J connectivity index is 0.790. The molecule has 414 valence electrons. The minimum Gasteiger partial charge on any atom is -0.458 e. The van der Waals surface area contributed by atoms with Gasteiger partial charge in [0.1, 0.15) is 47.5 Å². The first-order valence-electron chi connectivity index (χ1n) is 27.0. The van der Waals surface area contributed by atoms with E-state index in [0.29, 0.717) is 38.5 Å². The van der Waals surface area contributed by atoms with Crippen LogP contribution in [0.25, 0.3) is 6.08 Å². The van der Waals surface area contributed by atoms with Crippen LogP contribution >= 0.6 is 0 Å². The predicted molar refractivity (Wildman–Crippen MR) is 264 cm³/mol. The van der Waals surface area contributed by atoms with Crippen LogP contribution in [-0.2, 0) is 61.7 Å². The Morgan fingerprint density at radius 3 is 1.84 bits per heavy atom. The van der Waals surface area contributed by atoms with Crippen molar-refractivity contribution in [1.82, 2.24) is 0 Å². The lowest BCUT2D eigenvalue weighted by molar-refractivity contribution is -0.345. The van der Waals surface area contributed by atoms with Gasteiger partial charge in [0.15, 0.2) is 25.2 Å². The molecule has 4 heterocycles. The average molecular weight is 1040 g/mol. The fourth-order valence-corrected chi connectivity index (χ4v) is 14.6. The summed E-state index contributed by atoms with van der Waals surface area (Å²) in [5.74, 6) is -1.72. The number of hydrogen-bond donors (Lipinski definition) is 5. The smallest absolute Gasteiger partial charge is 0.331 e. The van der Waals surface area contributed by atoms with Gasteiger partial charge < -0.3 is 77.6 Å². The number of esters is 1. The SMILES string of the molecule is CO[C@H]1C[C@H](O[C@H]2CC[C@@]3(C)C(=CC[C@]4(O)[C@@H]3C[C@@H](OC(=O)/C=C/c3ccccc3)[C@]3(C)[C@H](C(C)=O)CC[C@@]34O)C2)O[C@H](C)[C@H]1O[C@H]1C[C@H](O)[C@H](O[C@H]2C[C@H](O)[C@H](O[C@H]3C[C@@H](OC)[C@H](O)[C@@H](C)O3)[C@@H](C)O2)[C@@H](C)O1. The second-order valence-corrected chi connectivity index (χ2v) is 23.1. The molecule has 0 aromatic heterocycles. The number of hydrogen-bond acceptors (Lipinski definition) is 18. The van der Waals surface area contributed by atoms with Gasteiger partial charge in [-0.15, -0.1) is 0 Å². The molecule has 7 fully saturated rings. The number of rotatable bonds is 14. The molecule has 0 unspecified atom stereocenters. The van der Waals surface area contributed by atoms with E-state index in [9.17, 15) is 35.1 Å². The fraction of sp³-hybridized carbons (Fsp3) is 0.786. The number of benzene rings is 1. The summed E-state index contributed by atoms with van der Waals surface area (Å²) in [5, 5.41) is 58.8. The second kappa shape index (κ2) is 22.2. The molecule has 9 rings (SSSR count). The van der Waals surface area contributed by atoms with Crippen molar-refractivity contribution >= 4 is 17.8 Å². The molecule has 0 bridgehead atoms. The number of carbonyl (C=O) groups excluding carboxylic acids is 2. The van der Waals surface area contributed by atoms with E-state index >= 15 is 0 Å². The Hall–Kier alpha value is -2.76. The van der Waals surface area contributed by atoms with E-state index in [1.807, 2.05) is 44.2 Å². The zero-order chi connectivity index (χ0) is 53.1. The molecule has 4 aliphatic heterocycles. The van der Waals surface area contributed by atoms with Gasteiger partial charge in [-0.2, -0.15) is 0 Å². The van der Waals surface area contributed by atoms with Crippen LogP contribution in [-0.4, -0.2) is 173 Å². The molecule has 8 aliphatic rings. The van der Waals surface area contributed by atoms with Gasteiger partial charge in [-0.25, -0.2) is 4.79 Å². The van der Waals surface area contributed by atoms with Gasteiger partial charge in [0, 0.05) is 63.2 Å². The van der Waals surface area contributed by atoms with Crippen molar-refractivity contribution in [1.29, 1.82) is 0 Å². The molecule has 3 saturated carbocycles. The molecule has 1 aromatic carbocycles. The molecule has 4 saturated heterocycles. The maximum Gasteiger partial charge on any atom is 0.331 e. The van der Waals surface area contributed by atoms with Crippen molar-refractivity contribution < 1.29 is 87.2 Å². The number of ether oxygens (including phenoxy) is 11. The van der Waals surface area contributed by atoms with E-state index < -0.39 is 144 Å². The van der Waals surface area contributed by atoms with Crippen LogP contribution in [0.5, 0.6) is 0 Å². The first-order chi connectivity index (χ1) is 35.1. The van der Waals surface area contributed by atoms with Crippen molar-refractivity contribution in [3.8, 4) is 0 Å². The highest BCUT2D eigenvalue weighted by Crippen LogP contribution is 2.70. The van der Waals surface area contributed by atoms with Crippen LogP contribution in [0.3, 0.4) is 0 Å². The summed E-state index contributed by atoms with van der Waals surface area (Å²) in [6.45, 7) is 12.7. The number of Topliss-reactive ketones (excluding diaryl/α,β-unsaturated/α-hetero) is 1. The van der Waals surface area contributed by atoms with E-state index in [1.165, 1.54) is 20.1 Å². The Labute approximate surface area is 435 Å². The number of aliphatic hydroxyl groups is 5. The zero-order valence-corrected chi connectivity index (χ0v) is 44.5. The number of fused-ring (bicyclic) bond motifs is 5. The second-order valence-electron chi connectivity index (χ2n) is 23.1. The van der Waals surface area contributed by atoms with Crippen molar-refractivity contribution in [2.75, 3.05) is 14.2 Å². The van der Waals surface area contributed by atoms with Crippen LogP contribution in [0, 0.1) is 22.7 Å². The summed E-state index contributed by atoms with van der Waals surface area (Å²) in [4.78, 5) is 26.8. The molecular weight excluding hydrogens is 961 g/mol. The number of ketones is 1. The highest BCUT2D eigenvalue weighted by Gasteiger charge is 2.77. The predicted octanol–water partition coefficient (Wildman–Crippen LogP) is 4.81. The third-order valence-electron chi connectivity index (χ3n) is 18.8. The topological polar surface area (TPSA) is 237 Å². The number of aliphatic hydroxyl groups excluding tert-OH is 3. The van der Waals surface area contributed by atoms with Crippen molar-refractivity contribution in [2.24, 2.45) is 22.7 Å². The Kier molecular flexibility index (Phi) is 16.8. The molecule has 1 aromatic rings. The standard InChI is InChI=1S/C56H82O18/c1-29(57)37-19-22-56(63)54(37,7)43(71-44(60)16-15-34-13-11-10-12-14-34)28-42-53(6)20-18-36(23-35(53)17-21-55(42,56)62)70-47-27-41(65-9)52(33(5)69-47)74-46-25-39(59)50(31(3)68-46)72-45-24-38(58)51(32(4)67-45)73-48-26-40(64-8)49(61)30(2)66-48/h10-17,30-33,36-43,45-52,58-59,61-63H,18-28H2,1-9H3/b16-15+/t30-,31-,32-,33-,36+,37+,38+,39+,40-,41+,42-,43-,45+,46+,47+,48+,49-,50-,51-,52-,53+,54+,55+,56-/m1/s1. The quantitative estimate of drug-likeness (QED) is 0.0955. The van der Waals surface area contributed by atoms with Crippen molar-refractivity contribution in [3.05, 3.63) is 53.6 Å². The summed E-state index contributed by atoms with van der Waals surface area (Å²) in [7, 11) is 3.14. The van der Waals surface area contributed by atoms with E-state index in [1.54, 1.807) is 34.0 Å². The Morgan fingerprint density at radius 2 is 1.24 bits per heavy atom. The first-order valence-corrected chi connectivity index (χ1v) is 27.0. The molecule has 24 atom stereocenters. The Morgan fingerprint density at radius 1 is 0.689 bits per heavy atom. The normalized spacial score (nSPS) is 48.5. The van der Waals surface area contributed by atoms with Gasteiger partial charge in [0.25, 0.3) is 0 Å². The third kappa shape index (κ3) is 10.4. The molecule has 0 amide bonds. The summed E-state index contributed by atoms with van der Waals surface area (Å²) < 4.78 is 68.2. The van der Waals surface area contributed by atoms with Gasteiger partial charge >= 0.3 is 5.97 Å². The maximum absolute atomic E-state index is 13.6. The summed E-state index contributed by atoms with van der Waals surface area (Å²) >= 11 is 0. The summed E-state index contributed by atoms with van der Waals surface area (Å²) in [6, 6.07) is 9.44. The Bertz CT molecular complexity index is 2150. The highest BCUT2D eigenvalue weighted by atomic mass is 16.8. The van der Waals surface area contributed by atoms with Crippen LogP contribution in [0.2, 0.25) is 0 Å². The van der Waals surface area contributed by atoms with Gasteiger partial charge in [-0.1, -0.05) is 55.8 Å². The molecule has 18 heteroatoms. The number of methoxy groups -OCH3 is 2. The van der Waals surface area contributed by atoms with Gasteiger partial charge in [0.2, 0.25) is 0 Å². The fourth-order valence-electron chi connectivity index (χ4n) is 14.6. The minimum absolute atomic E-state index is 0.0849. The zero-order valence-electron chi connectivity index (χ0n) is 44.5. The monoisotopic (exact) mass is 1040 g/mol. The molecule has 0 spiro atoms. The van der Waals surface area contributed by atoms with Crippen molar-refractivity contribution in [3.63, 3.8) is 0 Å². The van der Waals surface area contributed by atoms with E-state index in [4.69, 9.17) is 52.1 Å². The van der Waals surface area contributed by atoms with Gasteiger partial charge in [-0.05, 0) is 96.6 Å². The van der Waals surface area contributed by atoms with Crippen LogP contribution in [0.1, 0.15) is 125 Å². The highest BCUT2D eigenvalue weighted by molar-refractivity contribution is 5.87. The van der Waals surface area contributed by atoms with E-state index in [0.717, 1.165) is 11.1 Å². The molecule has 74 heavy (non-hydrogen) atoms. The lowest BCUT2D eigenvalue weighted by Crippen LogP contribution is -2.75. The van der Waals surface area contributed by atoms with Crippen molar-refractivity contribution in [2.45, 2.75) is 241 Å². The van der Waals surface area contributed by atoms with Crippen LogP contribution < -0.4 is 0 Å². The van der Waals surface area contributed by atoms with Gasteiger partial charge in [-0.3, -0.25) is 4.79 Å². The van der Waals surface area contributed by atoms with Crippen LogP contribution in [0.15, 0.2) is 48.1 Å². The molecule has 4 aliphatic carbocycles.